The van der Waals surface area contributed by atoms with Crippen molar-refractivity contribution >= 4 is 5.69 Å². The Morgan fingerprint density at radius 2 is 2.00 bits per heavy atom. The zero-order valence-corrected chi connectivity index (χ0v) is 7.83. The Morgan fingerprint density at radius 3 is 2.64 bits per heavy atom. The Morgan fingerprint density at radius 1 is 1.29 bits per heavy atom. The molecule has 1 aliphatic rings. The van der Waals surface area contributed by atoms with Crippen molar-refractivity contribution in [3.63, 3.8) is 0 Å². The van der Waals surface area contributed by atoms with Gasteiger partial charge in [-0.1, -0.05) is 6.07 Å². The molecule has 2 rings (SSSR count). The maximum atomic E-state index is 13.7. The van der Waals surface area contributed by atoms with E-state index in [0.29, 0.717) is 5.69 Å². The summed E-state index contributed by atoms with van der Waals surface area (Å²) in [7, 11) is 0. The first-order valence-corrected chi connectivity index (χ1v) is 4.76. The van der Waals surface area contributed by atoms with Gasteiger partial charge in [-0.05, 0) is 25.0 Å². The van der Waals surface area contributed by atoms with Gasteiger partial charge in [0.05, 0.1) is 11.3 Å². The van der Waals surface area contributed by atoms with Crippen molar-refractivity contribution in [1.82, 2.24) is 0 Å². The Hall–Kier alpha value is -1.56. The molecule has 3 heteroatoms. The Kier molecular flexibility index (Phi) is 2.36. The van der Waals surface area contributed by atoms with E-state index in [9.17, 15) is 4.39 Å². The summed E-state index contributed by atoms with van der Waals surface area (Å²) < 4.78 is 13.7. The van der Waals surface area contributed by atoms with Gasteiger partial charge in [0.15, 0.2) is 5.82 Å². The standard InChI is InChI=1S/C11H11FN2/c12-11-9(8-13)4-3-5-10(11)14-6-1-2-7-14/h3-5H,1-2,6-7H2. The van der Waals surface area contributed by atoms with E-state index >= 15 is 0 Å². The number of benzene rings is 1. The molecule has 1 aromatic carbocycles. The molecule has 1 aromatic rings. The molecule has 72 valence electrons. The van der Waals surface area contributed by atoms with Crippen molar-refractivity contribution in [3.05, 3.63) is 29.6 Å². The monoisotopic (exact) mass is 190 g/mol. The van der Waals surface area contributed by atoms with Crippen molar-refractivity contribution in [2.45, 2.75) is 12.8 Å². The number of hydrogen-bond donors (Lipinski definition) is 0. The van der Waals surface area contributed by atoms with Gasteiger partial charge >= 0.3 is 0 Å². The van der Waals surface area contributed by atoms with Gasteiger partial charge in [-0.2, -0.15) is 5.26 Å². The van der Waals surface area contributed by atoms with Gasteiger partial charge in [-0.3, -0.25) is 0 Å². The molecule has 0 unspecified atom stereocenters. The summed E-state index contributed by atoms with van der Waals surface area (Å²) in [6.07, 6.45) is 2.21. The number of rotatable bonds is 1. The van der Waals surface area contributed by atoms with E-state index in [0.717, 1.165) is 25.9 Å². The highest BCUT2D eigenvalue weighted by molar-refractivity contribution is 5.53. The molecule has 0 spiro atoms. The summed E-state index contributed by atoms with van der Waals surface area (Å²) in [4.78, 5) is 2.00. The minimum Gasteiger partial charge on any atom is -0.369 e. The average Bonchev–Trinajstić information content (AvgIpc) is 2.71. The highest BCUT2D eigenvalue weighted by Gasteiger charge is 2.17. The molecule has 0 aliphatic carbocycles. The van der Waals surface area contributed by atoms with Crippen LogP contribution in [0.2, 0.25) is 0 Å². The first kappa shape index (κ1) is 9.01. The highest BCUT2D eigenvalue weighted by Crippen LogP contribution is 2.25. The van der Waals surface area contributed by atoms with Gasteiger partial charge in [-0.15, -0.1) is 0 Å². The van der Waals surface area contributed by atoms with Crippen LogP contribution < -0.4 is 4.90 Å². The second kappa shape index (κ2) is 3.67. The minimum absolute atomic E-state index is 0.134. The molecule has 1 fully saturated rings. The van der Waals surface area contributed by atoms with Crippen LogP contribution >= 0.6 is 0 Å². The van der Waals surface area contributed by atoms with Crippen molar-refractivity contribution in [3.8, 4) is 6.07 Å². The molecular formula is C11H11FN2. The summed E-state index contributed by atoms with van der Waals surface area (Å²) in [6, 6.07) is 6.84. The van der Waals surface area contributed by atoms with E-state index in [-0.39, 0.29) is 11.4 Å². The number of anilines is 1. The van der Waals surface area contributed by atoms with Crippen LogP contribution in [0, 0.1) is 17.1 Å². The third-order valence-electron chi connectivity index (χ3n) is 2.55. The Balaban J connectivity index is 2.38. The van der Waals surface area contributed by atoms with Crippen molar-refractivity contribution < 1.29 is 4.39 Å². The predicted octanol–water partition coefficient (Wildman–Crippen LogP) is 2.30. The van der Waals surface area contributed by atoms with E-state index in [2.05, 4.69) is 0 Å². The topological polar surface area (TPSA) is 27.0 Å². The van der Waals surface area contributed by atoms with E-state index in [4.69, 9.17) is 5.26 Å². The third kappa shape index (κ3) is 1.44. The summed E-state index contributed by atoms with van der Waals surface area (Å²) in [5.74, 6) is -0.378. The molecule has 0 N–H and O–H groups in total. The Labute approximate surface area is 82.6 Å². The molecule has 0 amide bonds. The predicted molar refractivity (Wildman–Crippen MR) is 52.6 cm³/mol. The largest absolute Gasteiger partial charge is 0.369 e. The van der Waals surface area contributed by atoms with Crippen molar-refractivity contribution in [2.24, 2.45) is 0 Å². The van der Waals surface area contributed by atoms with Crippen molar-refractivity contribution in [2.75, 3.05) is 18.0 Å². The average molecular weight is 190 g/mol. The SMILES string of the molecule is N#Cc1cccc(N2CCCC2)c1F. The summed E-state index contributed by atoms with van der Waals surface area (Å²) in [5, 5.41) is 8.68. The molecule has 14 heavy (non-hydrogen) atoms. The minimum atomic E-state index is -0.378. The van der Waals surface area contributed by atoms with Crippen LogP contribution in [0.4, 0.5) is 10.1 Å². The molecule has 0 radical (unpaired) electrons. The molecule has 0 bridgehead atoms. The lowest BCUT2D eigenvalue weighted by molar-refractivity contribution is 0.619. The molecule has 0 atom stereocenters. The zero-order valence-electron chi connectivity index (χ0n) is 7.83. The second-order valence-electron chi connectivity index (χ2n) is 3.44. The van der Waals surface area contributed by atoms with Crippen molar-refractivity contribution in [1.29, 1.82) is 5.26 Å². The molecule has 0 saturated carbocycles. The fourth-order valence-electron chi connectivity index (χ4n) is 1.81. The van der Waals surface area contributed by atoms with Crippen LogP contribution in [0.25, 0.3) is 0 Å². The summed E-state index contributed by atoms with van der Waals surface area (Å²) in [5.41, 5.74) is 0.705. The van der Waals surface area contributed by atoms with Gasteiger partial charge < -0.3 is 4.90 Å². The van der Waals surface area contributed by atoms with E-state index < -0.39 is 0 Å². The third-order valence-corrected chi connectivity index (χ3v) is 2.55. The van der Waals surface area contributed by atoms with Crippen LogP contribution in [-0.2, 0) is 0 Å². The smallest absolute Gasteiger partial charge is 0.164 e. The molecule has 2 nitrogen and oxygen atoms in total. The van der Waals surface area contributed by atoms with Gasteiger partial charge in [0.25, 0.3) is 0 Å². The molecule has 1 heterocycles. The van der Waals surface area contributed by atoms with Gasteiger partial charge in [0.1, 0.15) is 6.07 Å². The zero-order chi connectivity index (χ0) is 9.97. The maximum Gasteiger partial charge on any atom is 0.164 e. The molecule has 0 aromatic heterocycles. The summed E-state index contributed by atoms with van der Waals surface area (Å²) in [6.45, 7) is 1.79. The van der Waals surface area contributed by atoms with E-state index in [1.807, 2.05) is 11.0 Å². The maximum absolute atomic E-state index is 13.7. The van der Waals surface area contributed by atoms with Crippen LogP contribution in [0.3, 0.4) is 0 Å². The van der Waals surface area contributed by atoms with Crippen LogP contribution in [0.1, 0.15) is 18.4 Å². The first-order valence-electron chi connectivity index (χ1n) is 4.76. The molecule has 1 saturated heterocycles. The van der Waals surface area contributed by atoms with Crippen LogP contribution in [-0.4, -0.2) is 13.1 Å². The van der Waals surface area contributed by atoms with Gasteiger partial charge in [0.2, 0.25) is 0 Å². The van der Waals surface area contributed by atoms with Crippen LogP contribution in [0.15, 0.2) is 18.2 Å². The van der Waals surface area contributed by atoms with Crippen LogP contribution in [0.5, 0.6) is 0 Å². The lowest BCUT2D eigenvalue weighted by Gasteiger charge is -2.18. The van der Waals surface area contributed by atoms with Gasteiger partial charge in [-0.25, -0.2) is 4.39 Å². The first-order chi connectivity index (χ1) is 6.83. The van der Waals surface area contributed by atoms with E-state index in [1.165, 1.54) is 6.07 Å². The fourth-order valence-corrected chi connectivity index (χ4v) is 1.81. The summed E-state index contributed by atoms with van der Waals surface area (Å²) >= 11 is 0. The molecular weight excluding hydrogens is 179 g/mol. The second-order valence-corrected chi connectivity index (χ2v) is 3.44. The number of nitrogens with zero attached hydrogens (tertiary/aromatic N) is 2. The van der Waals surface area contributed by atoms with Gasteiger partial charge in [0, 0.05) is 13.1 Å². The van der Waals surface area contributed by atoms with E-state index in [1.54, 1.807) is 12.1 Å². The Bertz CT molecular complexity index is 375. The number of halogens is 1. The lowest BCUT2D eigenvalue weighted by Crippen LogP contribution is -2.19. The highest BCUT2D eigenvalue weighted by atomic mass is 19.1. The number of nitriles is 1. The normalized spacial score (nSPS) is 15.6. The molecule has 1 aliphatic heterocycles. The quantitative estimate of drug-likeness (QED) is 0.679. The number of hydrogen-bond acceptors (Lipinski definition) is 2. The fraction of sp³-hybridized carbons (Fsp3) is 0.364. The lowest BCUT2D eigenvalue weighted by atomic mass is 10.2.